The number of halogens is 3. The summed E-state index contributed by atoms with van der Waals surface area (Å²) in [4.78, 5) is 13.1. The minimum absolute atomic E-state index is 0.262. The Balaban J connectivity index is 0.000000213. The van der Waals surface area contributed by atoms with Crippen molar-refractivity contribution in [3.8, 4) is 11.5 Å². The smallest absolute Gasteiger partial charge is 0.417 e. The Morgan fingerprint density at radius 1 is 0.791 bits per heavy atom. The van der Waals surface area contributed by atoms with Gasteiger partial charge in [-0.2, -0.15) is 13.2 Å². The maximum absolute atomic E-state index is 14.7. The molecule has 8 heteroatoms. The molecule has 3 aromatic carbocycles. The van der Waals surface area contributed by atoms with Gasteiger partial charge < -0.3 is 14.1 Å². The van der Waals surface area contributed by atoms with Gasteiger partial charge in [-0.25, -0.2) is 9.37 Å². The molecule has 0 amide bonds. The first-order chi connectivity index (χ1) is 20.9. The third-order valence-electron chi connectivity index (χ3n) is 9.50. The molecular weight excluding hydrogens is 553 g/mol. The largest absolute Gasteiger partial charge is 0.455 e. The van der Waals surface area contributed by atoms with Crippen molar-refractivity contribution in [2.75, 3.05) is 31.1 Å². The van der Waals surface area contributed by atoms with Crippen LogP contribution in [0.15, 0.2) is 57.7 Å². The summed E-state index contributed by atoms with van der Waals surface area (Å²) in [6, 6.07) is 14.2. The van der Waals surface area contributed by atoms with Crippen LogP contribution >= 0.6 is 0 Å². The summed E-state index contributed by atoms with van der Waals surface area (Å²) in [5.74, 6) is 0.943. The molecule has 0 atom stereocenters. The Morgan fingerprint density at radius 2 is 1.53 bits per heavy atom. The van der Waals surface area contributed by atoms with E-state index in [4.69, 9.17) is 9.15 Å². The first kappa shape index (κ1) is 26.5. The molecule has 0 unspecified atom stereocenters. The van der Waals surface area contributed by atoms with Gasteiger partial charge in [-0.15, -0.1) is 0 Å². The highest BCUT2D eigenvalue weighted by molar-refractivity contribution is 5.84. The fourth-order valence-electron chi connectivity index (χ4n) is 7.83. The van der Waals surface area contributed by atoms with Crippen molar-refractivity contribution in [3.63, 3.8) is 0 Å². The molecule has 0 bridgehead atoms. The molecule has 43 heavy (non-hydrogen) atoms. The molecule has 6 heterocycles. The van der Waals surface area contributed by atoms with E-state index in [-0.39, 0.29) is 16.4 Å². The Bertz CT molecular complexity index is 1990. The summed E-state index contributed by atoms with van der Waals surface area (Å²) in [7, 11) is 0. The zero-order valence-electron chi connectivity index (χ0n) is 23.9. The van der Waals surface area contributed by atoms with Gasteiger partial charge in [0.15, 0.2) is 0 Å². The van der Waals surface area contributed by atoms with E-state index >= 15 is 0 Å². The molecular formula is C35H32F3N2O3+. The van der Waals surface area contributed by atoms with Gasteiger partial charge in [-0.3, -0.25) is 0 Å². The highest BCUT2D eigenvalue weighted by Gasteiger charge is 2.43. The Morgan fingerprint density at radius 3 is 2.37 bits per heavy atom. The molecule has 0 spiro atoms. The second kappa shape index (κ2) is 10.00. The van der Waals surface area contributed by atoms with Crippen molar-refractivity contribution in [1.29, 1.82) is 0 Å². The van der Waals surface area contributed by atoms with Crippen molar-refractivity contribution < 1.29 is 22.3 Å². The zero-order chi connectivity index (χ0) is 29.3. The van der Waals surface area contributed by atoms with Gasteiger partial charge in [-0.1, -0.05) is 18.2 Å². The first-order valence-corrected chi connectivity index (χ1v) is 15.4. The van der Waals surface area contributed by atoms with Crippen LogP contribution in [0.3, 0.4) is 0 Å². The maximum Gasteiger partial charge on any atom is 0.417 e. The molecule has 1 aromatic heterocycles. The summed E-state index contributed by atoms with van der Waals surface area (Å²) in [6.07, 6.45) is 2.75. The van der Waals surface area contributed by atoms with Crippen LogP contribution in [0.5, 0.6) is 11.5 Å². The summed E-state index contributed by atoms with van der Waals surface area (Å²) in [6.45, 7) is 3.94. The second-order valence-electron chi connectivity index (χ2n) is 12.1. The van der Waals surface area contributed by atoms with Crippen LogP contribution in [0, 0.1) is 0 Å². The molecule has 0 radical (unpaired) electrons. The first-order valence-electron chi connectivity index (χ1n) is 15.4. The predicted octanol–water partition coefficient (Wildman–Crippen LogP) is 5.43. The van der Waals surface area contributed by atoms with Gasteiger partial charge in [0.1, 0.15) is 30.2 Å². The number of alkyl halides is 3. The number of fused-ring (bicyclic) bond motifs is 5. The number of ether oxygens (including phenoxy) is 1. The standard InChI is InChI=1S/C26H26F3N2O.C9H6O2/c27-26(28,29)21-19-13-15-5-1-9-30-11-3-7-17(22(15)30)24(19)32-25-18-8-4-12-31-10-2-6-16(23(18)31)14-20(21)25;10-9-6-5-7-3-1-2-4-8(7)11-9/h13-14H,1-12H2;1-6H/q+1;. The lowest BCUT2D eigenvalue weighted by molar-refractivity contribution is -0.0698. The van der Waals surface area contributed by atoms with Gasteiger partial charge in [0.2, 0.25) is 5.36 Å². The Kier molecular flexibility index (Phi) is 6.17. The number of nitrogens with zero attached hydrogens (tertiary/aromatic N) is 2. The molecule has 9 rings (SSSR count). The van der Waals surface area contributed by atoms with Gasteiger partial charge in [0, 0.05) is 65.0 Å². The topological polar surface area (TPSA) is 45.7 Å². The number of hydrogen-bond donors (Lipinski definition) is 0. The van der Waals surface area contributed by atoms with E-state index in [0.717, 1.165) is 116 Å². The number of para-hydroxylation sites is 1. The Hall–Kier alpha value is -4.07. The van der Waals surface area contributed by atoms with Crippen LogP contribution in [0.4, 0.5) is 18.9 Å². The average Bonchev–Trinajstić information content (AvgIpc) is 3.00. The van der Waals surface area contributed by atoms with Crippen molar-refractivity contribution in [3.05, 3.63) is 97.3 Å². The third-order valence-corrected chi connectivity index (χ3v) is 9.50. The predicted molar refractivity (Wildman–Crippen MR) is 160 cm³/mol. The van der Waals surface area contributed by atoms with Crippen LogP contribution in [0.1, 0.15) is 53.5 Å². The van der Waals surface area contributed by atoms with Crippen molar-refractivity contribution in [2.45, 2.75) is 57.5 Å². The van der Waals surface area contributed by atoms with E-state index in [9.17, 15) is 18.0 Å². The number of benzene rings is 3. The zero-order valence-corrected chi connectivity index (χ0v) is 23.9. The summed E-state index contributed by atoms with van der Waals surface area (Å²) < 4.78 is 57.9. The van der Waals surface area contributed by atoms with Gasteiger partial charge >= 0.3 is 11.8 Å². The highest BCUT2D eigenvalue weighted by Crippen LogP contribution is 2.50. The fraction of sp³-hybridized carbons (Fsp3) is 0.371. The van der Waals surface area contributed by atoms with Crippen molar-refractivity contribution in [2.24, 2.45) is 0 Å². The van der Waals surface area contributed by atoms with Gasteiger partial charge in [0.05, 0.1) is 11.1 Å². The number of aryl methyl sites for hydroxylation is 2. The quantitative estimate of drug-likeness (QED) is 0.204. The molecule has 4 aromatic rings. The molecule has 0 aliphatic carbocycles. The van der Waals surface area contributed by atoms with Gasteiger partial charge in [-0.05, 0) is 68.4 Å². The molecule has 5 aliphatic heterocycles. The van der Waals surface area contributed by atoms with E-state index in [1.165, 1.54) is 6.07 Å². The summed E-state index contributed by atoms with van der Waals surface area (Å²) >= 11 is 0. The fourth-order valence-corrected chi connectivity index (χ4v) is 7.83. The lowest BCUT2D eigenvalue weighted by Crippen LogP contribution is -2.45. The van der Waals surface area contributed by atoms with Crippen molar-refractivity contribution >= 4 is 22.2 Å². The average molecular weight is 586 g/mol. The van der Waals surface area contributed by atoms with E-state index in [2.05, 4.69) is 9.48 Å². The van der Waals surface area contributed by atoms with Crippen LogP contribution in [-0.4, -0.2) is 32.4 Å². The van der Waals surface area contributed by atoms with E-state index in [0.29, 0.717) is 17.1 Å². The molecule has 0 saturated heterocycles. The maximum atomic E-state index is 14.7. The van der Waals surface area contributed by atoms with Crippen LogP contribution in [-0.2, 0) is 25.7 Å². The number of hydrogen-bond acceptors (Lipinski definition) is 4. The van der Waals surface area contributed by atoms with Crippen LogP contribution < -0.4 is 30.4 Å². The van der Waals surface area contributed by atoms with Crippen molar-refractivity contribution in [1.82, 2.24) is 4.58 Å². The molecule has 5 nitrogen and oxygen atoms in total. The molecule has 0 fully saturated rings. The van der Waals surface area contributed by atoms with Crippen LogP contribution in [0.2, 0.25) is 0 Å². The lowest BCUT2D eigenvalue weighted by Gasteiger charge is -2.39. The highest BCUT2D eigenvalue weighted by atomic mass is 19.4. The minimum atomic E-state index is -4.43. The molecule has 0 saturated carbocycles. The normalized spacial score (nSPS) is 18.1. The van der Waals surface area contributed by atoms with Crippen LogP contribution in [0.25, 0.3) is 16.5 Å². The SMILES string of the molecule is FC(F)(F)C1=c2cc3c4c(c2Oc2c1cc1c5c2CCCN5CCC1)CCC[N+]=4CCC3.O=c1ccc2ccccc2o1. The summed E-state index contributed by atoms with van der Waals surface area (Å²) in [5.41, 5.74) is 5.37. The Labute approximate surface area is 246 Å². The molecule has 0 N–H and O–H groups in total. The van der Waals surface area contributed by atoms with E-state index in [1.807, 2.05) is 18.2 Å². The van der Waals surface area contributed by atoms with Gasteiger partial charge in [0.25, 0.3) is 0 Å². The molecule has 220 valence electrons. The summed E-state index contributed by atoms with van der Waals surface area (Å²) in [5, 5.41) is 2.37. The number of anilines is 1. The molecule has 5 aliphatic rings. The third kappa shape index (κ3) is 4.36. The second-order valence-corrected chi connectivity index (χ2v) is 12.1. The lowest BCUT2D eigenvalue weighted by atomic mass is 9.84. The monoisotopic (exact) mass is 585 g/mol. The van der Waals surface area contributed by atoms with E-state index in [1.54, 1.807) is 24.3 Å². The number of rotatable bonds is 0. The van der Waals surface area contributed by atoms with E-state index < -0.39 is 11.7 Å². The minimum Gasteiger partial charge on any atom is -0.455 e.